The first-order valence-electron chi connectivity index (χ1n) is 5.50. The fraction of sp³-hybridized carbons (Fsp3) is 0.538. The molecule has 0 heterocycles. The van der Waals surface area contributed by atoms with E-state index in [2.05, 4.69) is 13.8 Å². The lowest BCUT2D eigenvalue weighted by Crippen LogP contribution is -2.08. The van der Waals surface area contributed by atoms with Crippen LogP contribution in [0.4, 0.5) is 0 Å². The van der Waals surface area contributed by atoms with E-state index in [0.29, 0.717) is 5.92 Å². The standard InChI is InChI=1S/C13H20O/c1-3-4-8-12(2)11-14-13-9-6-5-7-10-13/h5-7,9-10,12H,3-4,8,11H2,1-2H3. The van der Waals surface area contributed by atoms with Crippen LogP contribution in [-0.2, 0) is 0 Å². The Morgan fingerprint density at radius 3 is 2.57 bits per heavy atom. The van der Waals surface area contributed by atoms with Crippen molar-refractivity contribution >= 4 is 0 Å². The lowest BCUT2D eigenvalue weighted by molar-refractivity contribution is 0.250. The number of hydrogen-bond acceptors (Lipinski definition) is 1. The Balaban J connectivity index is 2.20. The van der Waals surface area contributed by atoms with E-state index in [4.69, 9.17) is 4.74 Å². The van der Waals surface area contributed by atoms with Crippen molar-refractivity contribution in [1.29, 1.82) is 0 Å². The molecule has 0 aliphatic rings. The maximum atomic E-state index is 5.66. The molecule has 1 atom stereocenters. The molecule has 0 bridgehead atoms. The molecule has 0 amide bonds. The third-order valence-electron chi connectivity index (χ3n) is 2.33. The van der Waals surface area contributed by atoms with Gasteiger partial charge >= 0.3 is 0 Å². The number of unbranched alkanes of at least 4 members (excludes halogenated alkanes) is 1. The van der Waals surface area contributed by atoms with E-state index in [-0.39, 0.29) is 0 Å². The summed E-state index contributed by atoms with van der Waals surface area (Å²) in [5, 5.41) is 0. The summed E-state index contributed by atoms with van der Waals surface area (Å²) < 4.78 is 5.66. The van der Waals surface area contributed by atoms with Crippen molar-refractivity contribution in [3.63, 3.8) is 0 Å². The van der Waals surface area contributed by atoms with Gasteiger partial charge in [0.05, 0.1) is 6.61 Å². The monoisotopic (exact) mass is 192 g/mol. The first-order valence-corrected chi connectivity index (χ1v) is 5.50. The third-order valence-corrected chi connectivity index (χ3v) is 2.33. The summed E-state index contributed by atoms with van der Waals surface area (Å²) in [6, 6.07) is 10.0. The van der Waals surface area contributed by atoms with Crippen LogP contribution in [-0.4, -0.2) is 6.61 Å². The molecule has 0 radical (unpaired) electrons. The number of para-hydroxylation sites is 1. The summed E-state index contributed by atoms with van der Waals surface area (Å²) in [6.45, 7) is 5.31. The molecule has 1 nitrogen and oxygen atoms in total. The number of rotatable bonds is 6. The molecule has 14 heavy (non-hydrogen) atoms. The van der Waals surface area contributed by atoms with Gasteiger partial charge in [-0.3, -0.25) is 0 Å². The first-order chi connectivity index (χ1) is 6.83. The number of hydrogen-bond donors (Lipinski definition) is 0. The normalized spacial score (nSPS) is 12.4. The van der Waals surface area contributed by atoms with Crippen LogP contribution in [0.25, 0.3) is 0 Å². The summed E-state index contributed by atoms with van der Waals surface area (Å²) in [7, 11) is 0. The van der Waals surface area contributed by atoms with Crippen molar-refractivity contribution in [1.82, 2.24) is 0 Å². The predicted octanol–water partition coefficient (Wildman–Crippen LogP) is 3.89. The number of ether oxygens (including phenoxy) is 1. The first kappa shape index (κ1) is 11.1. The zero-order chi connectivity index (χ0) is 10.2. The second-order valence-electron chi connectivity index (χ2n) is 3.87. The lowest BCUT2D eigenvalue weighted by atomic mass is 10.1. The third kappa shape index (κ3) is 4.31. The maximum absolute atomic E-state index is 5.66. The van der Waals surface area contributed by atoms with E-state index in [1.165, 1.54) is 19.3 Å². The van der Waals surface area contributed by atoms with Crippen LogP contribution in [0, 0.1) is 5.92 Å². The van der Waals surface area contributed by atoms with Crippen molar-refractivity contribution < 1.29 is 4.74 Å². The fourth-order valence-corrected chi connectivity index (χ4v) is 1.39. The van der Waals surface area contributed by atoms with Gasteiger partial charge in [0.1, 0.15) is 5.75 Å². The molecule has 1 aromatic carbocycles. The maximum Gasteiger partial charge on any atom is 0.119 e. The lowest BCUT2D eigenvalue weighted by Gasteiger charge is -2.12. The molecule has 0 saturated carbocycles. The quantitative estimate of drug-likeness (QED) is 0.664. The summed E-state index contributed by atoms with van der Waals surface area (Å²) >= 11 is 0. The van der Waals surface area contributed by atoms with Gasteiger partial charge < -0.3 is 4.74 Å². The second kappa shape index (κ2) is 6.47. The fourth-order valence-electron chi connectivity index (χ4n) is 1.39. The molecule has 0 aliphatic carbocycles. The molecule has 0 fully saturated rings. The molecule has 0 aliphatic heterocycles. The van der Waals surface area contributed by atoms with E-state index < -0.39 is 0 Å². The summed E-state index contributed by atoms with van der Waals surface area (Å²) in [5.41, 5.74) is 0. The topological polar surface area (TPSA) is 9.23 Å². The van der Waals surface area contributed by atoms with Gasteiger partial charge in [-0.05, 0) is 24.5 Å². The Morgan fingerprint density at radius 1 is 1.21 bits per heavy atom. The molecule has 0 spiro atoms. The Kier molecular flexibility index (Phi) is 5.13. The van der Waals surface area contributed by atoms with Gasteiger partial charge in [-0.2, -0.15) is 0 Å². The Bertz CT molecular complexity index is 230. The highest BCUT2D eigenvalue weighted by Crippen LogP contribution is 2.12. The van der Waals surface area contributed by atoms with Crippen molar-refractivity contribution in [2.24, 2.45) is 5.92 Å². The van der Waals surface area contributed by atoms with Crippen molar-refractivity contribution in [3.8, 4) is 5.75 Å². The summed E-state index contributed by atoms with van der Waals surface area (Å²) in [4.78, 5) is 0. The molecule has 0 aromatic heterocycles. The van der Waals surface area contributed by atoms with Crippen molar-refractivity contribution in [2.75, 3.05) is 6.61 Å². The van der Waals surface area contributed by atoms with Gasteiger partial charge in [0.25, 0.3) is 0 Å². The van der Waals surface area contributed by atoms with Crippen LogP contribution in [0.15, 0.2) is 30.3 Å². The molecule has 1 rings (SSSR count). The Hall–Kier alpha value is -0.980. The largest absolute Gasteiger partial charge is 0.493 e. The average Bonchev–Trinajstić information content (AvgIpc) is 2.25. The zero-order valence-corrected chi connectivity index (χ0v) is 9.20. The van der Waals surface area contributed by atoms with Gasteiger partial charge in [0, 0.05) is 0 Å². The molecule has 0 saturated heterocycles. The predicted molar refractivity (Wildman–Crippen MR) is 60.6 cm³/mol. The highest BCUT2D eigenvalue weighted by molar-refractivity contribution is 5.20. The zero-order valence-electron chi connectivity index (χ0n) is 9.20. The molecule has 78 valence electrons. The van der Waals surface area contributed by atoms with Crippen LogP contribution in [0.2, 0.25) is 0 Å². The van der Waals surface area contributed by atoms with Gasteiger partial charge in [-0.1, -0.05) is 44.9 Å². The molecule has 1 heteroatoms. The van der Waals surface area contributed by atoms with E-state index in [9.17, 15) is 0 Å². The SMILES string of the molecule is CCCCC(C)COc1ccccc1. The van der Waals surface area contributed by atoms with E-state index in [0.717, 1.165) is 12.4 Å². The van der Waals surface area contributed by atoms with Crippen molar-refractivity contribution in [2.45, 2.75) is 33.1 Å². The van der Waals surface area contributed by atoms with Crippen LogP contribution < -0.4 is 4.74 Å². The smallest absolute Gasteiger partial charge is 0.119 e. The highest BCUT2D eigenvalue weighted by Gasteiger charge is 2.01. The van der Waals surface area contributed by atoms with E-state index >= 15 is 0 Å². The average molecular weight is 192 g/mol. The van der Waals surface area contributed by atoms with Gasteiger partial charge in [0.2, 0.25) is 0 Å². The van der Waals surface area contributed by atoms with E-state index in [1.807, 2.05) is 30.3 Å². The minimum atomic E-state index is 0.662. The Labute approximate surface area is 87.1 Å². The second-order valence-corrected chi connectivity index (χ2v) is 3.87. The van der Waals surface area contributed by atoms with Crippen molar-refractivity contribution in [3.05, 3.63) is 30.3 Å². The molecule has 1 aromatic rings. The minimum absolute atomic E-state index is 0.662. The molecular formula is C13H20O. The molecule has 0 N–H and O–H groups in total. The van der Waals surface area contributed by atoms with Crippen LogP contribution in [0.1, 0.15) is 33.1 Å². The molecular weight excluding hydrogens is 172 g/mol. The molecule has 1 unspecified atom stereocenters. The summed E-state index contributed by atoms with van der Waals surface area (Å²) in [5.74, 6) is 1.64. The number of benzene rings is 1. The van der Waals surface area contributed by atoms with Gasteiger partial charge in [0.15, 0.2) is 0 Å². The highest BCUT2D eigenvalue weighted by atomic mass is 16.5. The van der Waals surface area contributed by atoms with Crippen LogP contribution >= 0.6 is 0 Å². The Morgan fingerprint density at radius 2 is 1.93 bits per heavy atom. The minimum Gasteiger partial charge on any atom is -0.493 e. The van der Waals surface area contributed by atoms with Gasteiger partial charge in [-0.25, -0.2) is 0 Å². The van der Waals surface area contributed by atoms with E-state index in [1.54, 1.807) is 0 Å². The summed E-state index contributed by atoms with van der Waals surface area (Å²) in [6.07, 6.45) is 3.85. The van der Waals surface area contributed by atoms with Gasteiger partial charge in [-0.15, -0.1) is 0 Å². The van der Waals surface area contributed by atoms with Crippen LogP contribution in [0.5, 0.6) is 5.75 Å². The van der Waals surface area contributed by atoms with Crippen LogP contribution in [0.3, 0.4) is 0 Å².